The van der Waals surface area contributed by atoms with E-state index >= 15 is 0 Å². The molecule has 0 aliphatic carbocycles. The van der Waals surface area contributed by atoms with Crippen LogP contribution in [0.25, 0.3) is 0 Å². The average Bonchev–Trinajstić information content (AvgIpc) is 2.62. The van der Waals surface area contributed by atoms with Gasteiger partial charge in [0.1, 0.15) is 5.75 Å². The predicted octanol–water partition coefficient (Wildman–Crippen LogP) is 2.62. The highest BCUT2D eigenvalue weighted by molar-refractivity contribution is 5.94. The van der Waals surface area contributed by atoms with Gasteiger partial charge < -0.3 is 15.4 Å². The SMILES string of the molecule is Cc1ccc(C)c(OCCC(=O)NCCNC(=O)c2ccccc2)c1. The van der Waals surface area contributed by atoms with Gasteiger partial charge in [-0.1, -0.05) is 30.3 Å². The number of benzene rings is 2. The molecule has 0 atom stereocenters. The molecule has 25 heavy (non-hydrogen) atoms. The van der Waals surface area contributed by atoms with Gasteiger partial charge >= 0.3 is 0 Å². The first kappa shape index (κ1) is 18.5. The Balaban J connectivity index is 1.61. The summed E-state index contributed by atoms with van der Waals surface area (Å²) < 4.78 is 5.66. The van der Waals surface area contributed by atoms with Gasteiger partial charge in [0, 0.05) is 18.7 Å². The van der Waals surface area contributed by atoms with Crippen molar-refractivity contribution in [1.29, 1.82) is 0 Å². The van der Waals surface area contributed by atoms with Gasteiger partial charge in [-0.15, -0.1) is 0 Å². The van der Waals surface area contributed by atoms with E-state index in [2.05, 4.69) is 10.6 Å². The number of rotatable bonds is 8. The predicted molar refractivity (Wildman–Crippen MR) is 97.8 cm³/mol. The zero-order chi connectivity index (χ0) is 18.1. The number of carbonyl (C=O) groups excluding carboxylic acids is 2. The molecule has 5 nitrogen and oxygen atoms in total. The van der Waals surface area contributed by atoms with Gasteiger partial charge in [-0.25, -0.2) is 0 Å². The smallest absolute Gasteiger partial charge is 0.251 e. The molecule has 0 fully saturated rings. The molecule has 2 aromatic carbocycles. The lowest BCUT2D eigenvalue weighted by molar-refractivity contribution is -0.121. The third kappa shape index (κ3) is 6.30. The fraction of sp³-hybridized carbons (Fsp3) is 0.300. The van der Waals surface area contributed by atoms with E-state index in [9.17, 15) is 9.59 Å². The number of aryl methyl sites for hydroxylation is 2. The number of hydrogen-bond donors (Lipinski definition) is 2. The van der Waals surface area contributed by atoms with E-state index in [0.29, 0.717) is 25.3 Å². The highest BCUT2D eigenvalue weighted by atomic mass is 16.5. The average molecular weight is 340 g/mol. The minimum atomic E-state index is -0.145. The first-order valence-corrected chi connectivity index (χ1v) is 8.36. The van der Waals surface area contributed by atoms with Gasteiger partial charge in [0.25, 0.3) is 5.91 Å². The molecule has 0 aromatic heterocycles. The van der Waals surface area contributed by atoms with Crippen LogP contribution in [0.4, 0.5) is 0 Å². The molecule has 132 valence electrons. The molecule has 0 bridgehead atoms. The summed E-state index contributed by atoms with van der Waals surface area (Å²) in [5.41, 5.74) is 2.78. The van der Waals surface area contributed by atoms with Crippen molar-refractivity contribution in [1.82, 2.24) is 10.6 Å². The summed E-state index contributed by atoms with van der Waals surface area (Å²) in [6, 6.07) is 15.0. The van der Waals surface area contributed by atoms with Crippen molar-refractivity contribution >= 4 is 11.8 Å². The molecule has 2 rings (SSSR count). The van der Waals surface area contributed by atoms with Crippen molar-refractivity contribution in [2.24, 2.45) is 0 Å². The summed E-state index contributed by atoms with van der Waals surface area (Å²) in [6.07, 6.45) is 0.278. The fourth-order valence-corrected chi connectivity index (χ4v) is 2.27. The van der Waals surface area contributed by atoms with Gasteiger partial charge in [-0.05, 0) is 43.2 Å². The molecule has 0 radical (unpaired) electrons. The van der Waals surface area contributed by atoms with Crippen molar-refractivity contribution < 1.29 is 14.3 Å². The molecule has 0 heterocycles. The lowest BCUT2D eigenvalue weighted by Gasteiger charge is -2.10. The molecule has 2 aromatic rings. The molecule has 0 saturated heterocycles. The third-order valence-electron chi connectivity index (χ3n) is 3.70. The first-order chi connectivity index (χ1) is 12.1. The van der Waals surface area contributed by atoms with Crippen molar-refractivity contribution in [3.05, 3.63) is 65.2 Å². The number of ether oxygens (including phenoxy) is 1. The summed E-state index contributed by atoms with van der Waals surface area (Å²) in [4.78, 5) is 23.6. The molecule has 0 spiro atoms. The Hall–Kier alpha value is -2.82. The highest BCUT2D eigenvalue weighted by Gasteiger charge is 2.05. The molecule has 0 aliphatic heterocycles. The van der Waals surface area contributed by atoms with Crippen LogP contribution in [-0.2, 0) is 4.79 Å². The molecular weight excluding hydrogens is 316 g/mol. The first-order valence-electron chi connectivity index (χ1n) is 8.36. The van der Waals surface area contributed by atoms with Gasteiger partial charge in [-0.2, -0.15) is 0 Å². The molecule has 0 unspecified atom stereocenters. The van der Waals surface area contributed by atoms with Crippen molar-refractivity contribution in [2.75, 3.05) is 19.7 Å². The second kappa shape index (κ2) is 9.47. The highest BCUT2D eigenvalue weighted by Crippen LogP contribution is 2.19. The van der Waals surface area contributed by atoms with Gasteiger partial charge in [0.2, 0.25) is 5.91 Å². The summed E-state index contributed by atoms with van der Waals surface area (Å²) in [5.74, 6) is 0.565. The maximum Gasteiger partial charge on any atom is 0.251 e. The Kier molecular flexibility index (Phi) is 7.01. The van der Waals surface area contributed by atoms with Crippen LogP contribution in [0, 0.1) is 13.8 Å². The molecule has 0 saturated carbocycles. The second-order valence-corrected chi connectivity index (χ2v) is 5.84. The van der Waals surface area contributed by atoms with Crippen LogP contribution in [0.2, 0.25) is 0 Å². The van der Waals surface area contributed by atoms with E-state index in [4.69, 9.17) is 4.74 Å². The van der Waals surface area contributed by atoms with Gasteiger partial charge in [-0.3, -0.25) is 9.59 Å². The molecule has 0 aliphatic rings. The summed E-state index contributed by atoms with van der Waals surface area (Å²) >= 11 is 0. The maximum atomic E-state index is 11.8. The van der Waals surface area contributed by atoms with E-state index in [0.717, 1.165) is 16.9 Å². The van der Waals surface area contributed by atoms with Gasteiger partial charge in [0.05, 0.1) is 13.0 Å². The summed E-state index contributed by atoms with van der Waals surface area (Å²) in [5, 5.41) is 5.53. The largest absolute Gasteiger partial charge is 0.493 e. The Morgan fingerprint density at radius 1 is 0.960 bits per heavy atom. The van der Waals surface area contributed by atoms with Gasteiger partial charge in [0.15, 0.2) is 0 Å². The lowest BCUT2D eigenvalue weighted by Crippen LogP contribution is -2.35. The van der Waals surface area contributed by atoms with Crippen LogP contribution in [0.3, 0.4) is 0 Å². The van der Waals surface area contributed by atoms with Crippen LogP contribution < -0.4 is 15.4 Å². The zero-order valence-corrected chi connectivity index (χ0v) is 14.7. The number of hydrogen-bond acceptors (Lipinski definition) is 3. The number of amides is 2. The van der Waals surface area contributed by atoms with Crippen molar-refractivity contribution in [3.8, 4) is 5.75 Å². The van der Waals surface area contributed by atoms with Crippen LogP contribution >= 0.6 is 0 Å². The topological polar surface area (TPSA) is 67.4 Å². The van der Waals surface area contributed by atoms with Crippen molar-refractivity contribution in [3.63, 3.8) is 0 Å². The summed E-state index contributed by atoms with van der Waals surface area (Å²) in [6.45, 7) is 5.08. The minimum Gasteiger partial charge on any atom is -0.493 e. The second-order valence-electron chi connectivity index (χ2n) is 5.84. The monoisotopic (exact) mass is 340 g/mol. The number of nitrogens with one attached hydrogen (secondary N) is 2. The Bertz CT molecular complexity index is 714. The Morgan fingerprint density at radius 3 is 2.44 bits per heavy atom. The van der Waals surface area contributed by atoms with Crippen LogP contribution in [0.1, 0.15) is 27.9 Å². The molecule has 5 heteroatoms. The van der Waals surface area contributed by atoms with Crippen LogP contribution in [0.5, 0.6) is 5.75 Å². The summed E-state index contributed by atoms with van der Waals surface area (Å²) in [7, 11) is 0. The normalized spacial score (nSPS) is 10.2. The van der Waals surface area contributed by atoms with E-state index in [1.165, 1.54) is 0 Å². The standard InChI is InChI=1S/C20H24N2O3/c1-15-8-9-16(2)18(14-15)25-13-10-19(23)21-11-12-22-20(24)17-6-4-3-5-7-17/h3-9,14H,10-13H2,1-2H3,(H,21,23)(H,22,24). The van der Waals surface area contributed by atoms with Crippen LogP contribution in [0.15, 0.2) is 48.5 Å². The van der Waals surface area contributed by atoms with E-state index < -0.39 is 0 Å². The van der Waals surface area contributed by atoms with E-state index in [-0.39, 0.29) is 18.2 Å². The fourth-order valence-electron chi connectivity index (χ4n) is 2.27. The lowest BCUT2D eigenvalue weighted by atomic mass is 10.1. The molecule has 2 N–H and O–H groups in total. The third-order valence-corrected chi connectivity index (χ3v) is 3.70. The molecule has 2 amide bonds. The van der Waals surface area contributed by atoms with E-state index in [1.54, 1.807) is 12.1 Å². The maximum absolute atomic E-state index is 11.8. The Morgan fingerprint density at radius 2 is 1.68 bits per heavy atom. The van der Waals surface area contributed by atoms with Crippen LogP contribution in [-0.4, -0.2) is 31.5 Å². The zero-order valence-electron chi connectivity index (χ0n) is 14.7. The number of carbonyl (C=O) groups is 2. The minimum absolute atomic E-state index is 0.0979. The van der Waals surface area contributed by atoms with Crippen molar-refractivity contribution in [2.45, 2.75) is 20.3 Å². The quantitative estimate of drug-likeness (QED) is 0.726. The van der Waals surface area contributed by atoms with E-state index in [1.807, 2.05) is 50.2 Å². The molecular formula is C20H24N2O3. The Labute approximate surface area is 148 Å².